The maximum atomic E-state index is 12.9. The number of likely N-dealkylation sites (tertiary alicyclic amines) is 1. The van der Waals surface area contributed by atoms with Crippen LogP contribution in [0.3, 0.4) is 0 Å². The lowest BCUT2D eigenvalue weighted by Gasteiger charge is -2.39. The average molecular weight is 341 g/mol. The summed E-state index contributed by atoms with van der Waals surface area (Å²) in [7, 11) is 0. The summed E-state index contributed by atoms with van der Waals surface area (Å²) >= 11 is 0. The van der Waals surface area contributed by atoms with Gasteiger partial charge in [-0.15, -0.1) is 0 Å². The predicted octanol–water partition coefficient (Wildman–Crippen LogP) is 3.58. The van der Waals surface area contributed by atoms with E-state index in [1.807, 2.05) is 45.6 Å². The Hall–Kier alpha value is -2.24. The topological polar surface area (TPSA) is 74.8 Å². The molecule has 6 nitrogen and oxygen atoms in total. The van der Waals surface area contributed by atoms with E-state index in [0.717, 1.165) is 48.7 Å². The maximum absolute atomic E-state index is 12.9. The van der Waals surface area contributed by atoms with Crippen LogP contribution in [-0.4, -0.2) is 37.3 Å². The number of nitrogens with zero attached hydrogens (tertiary/aromatic N) is 4. The Morgan fingerprint density at radius 2 is 2.00 bits per heavy atom. The lowest BCUT2D eigenvalue weighted by Crippen LogP contribution is -2.44. The third-order valence-electron chi connectivity index (χ3n) is 4.55. The highest BCUT2D eigenvalue weighted by Crippen LogP contribution is 2.34. The molecule has 2 aromatic rings. The van der Waals surface area contributed by atoms with Gasteiger partial charge in [0.25, 0.3) is 0 Å². The van der Waals surface area contributed by atoms with E-state index < -0.39 is 5.41 Å². The first-order valence-electron chi connectivity index (χ1n) is 8.94. The fourth-order valence-corrected chi connectivity index (χ4v) is 3.34. The minimum atomic E-state index is -0.390. The third-order valence-corrected chi connectivity index (χ3v) is 4.55. The zero-order valence-corrected chi connectivity index (χ0v) is 15.8. The molecule has 25 heavy (non-hydrogen) atoms. The van der Waals surface area contributed by atoms with Crippen molar-refractivity contribution in [3.05, 3.63) is 29.5 Å². The molecule has 1 saturated heterocycles. The van der Waals surface area contributed by atoms with Gasteiger partial charge in [-0.25, -0.2) is 15.0 Å². The molecule has 3 rings (SSSR count). The molecule has 1 amide bonds. The molecule has 0 aliphatic carbocycles. The molecule has 1 aliphatic rings. The molecule has 2 aromatic heterocycles. The Balaban J connectivity index is 1.98. The van der Waals surface area contributed by atoms with E-state index >= 15 is 0 Å². The Kier molecular flexibility index (Phi) is 4.62. The van der Waals surface area contributed by atoms with Gasteiger partial charge in [-0.2, -0.15) is 0 Å². The van der Waals surface area contributed by atoms with Gasteiger partial charge in [-0.05, 0) is 39.2 Å². The first-order valence-corrected chi connectivity index (χ1v) is 8.94. The fraction of sp³-hybridized carbons (Fsp3) is 0.579. The molecular weight excluding hydrogens is 314 g/mol. The van der Waals surface area contributed by atoms with Crippen LogP contribution in [0.4, 0.5) is 0 Å². The van der Waals surface area contributed by atoms with Crippen molar-refractivity contribution in [3.63, 3.8) is 0 Å². The number of imidazole rings is 1. The van der Waals surface area contributed by atoms with Crippen LogP contribution in [-0.2, 0) is 4.79 Å². The van der Waals surface area contributed by atoms with E-state index in [1.165, 1.54) is 0 Å². The van der Waals surface area contributed by atoms with Crippen molar-refractivity contribution in [2.24, 2.45) is 5.41 Å². The van der Waals surface area contributed by atoms with E-state index in [1.54, 1.807) is 6.20 Å². The van der Waals surface area contributed by atoms with Gasteiger partial charge in [-0.1, -0.05) is 20.8 Å². The molecule has 1 unspecified atom stereocenters. The zero-order chi connectivity index (χ0) is 18.2. The fourth-order valence-electron chi connectivity index (χ4n) is 3.34. The molecule has 134 valence electrons. The first-order chi connectivity index (χ1) is 11.8. The van der Waals surface area contributed by atoms with Crippen molar-refractivity contribution in [2.45, 2.75) is 59.9 Å². The van der Waals surface area contributed by atoms with E-state index in [9.17, 15) is 4.79 Å². The van der Waals surface area contributed by atoms with Crippen LogP contribution in [0.25, 0.3) is 11.5 Å². The molecule has 3 heterocycles. The van der Waals surface area contributed by atoms with Crippen molar-refractivity contribution in [3.8, 4) is 11.5 Å². The molecule has 0 radical (unpaired) electrons. The van der Waals surface area contributed by atoms with Gasteiger partial charge in [0.2, 0.25) is 5.91 Å². The Morgan fingerprint density at radius 3 is 2.64 bits per heavy atom. The summed E-state index contributed by atoms with van der Waals surface area (Å²) in [4.78, 5) is 31.7. The molecule has 0 spiro atoms. The number of carbonyl (C=O) groups excluding carboxylic acids is 1. The number of aryl methyl sites for hydroxylation is 2. The molecule has 1 N–H and O–H groups in total. The number of carbonyl (C=O) groups is 1. The van der Waals surface area contributed by atoms with E-state index in [4.69, 9.17) is 0 Å². The summed E-state index contributed by atoms with van der Waals surface area (Å²) in [5.41, 5.74) is 2.30. The number of rotatable bonds is 2. The number of H-pyrrole nitrogens is 1. The predicted molar refractivity (Wildman–Crippen MR) is 96.8 cm³/mol. The quantitative estimate of drug-likeness (QED) is 0.906. The summed E-state index contributed by atoms with van der Waals surface area (Å²) in [5, 5.41) is 0. The van der Waals surface area contributed by atoms with E-state index in [0.29, 0.717) is 5.82 Å². The average Bonchev–Trinajstić information content (AvgIpc) is 2.99. The van der Waals surface area contributed by atoms with Crippen LogP contribution in [0.15, 0.2) is 12.3 Å². The van der Waals surface area contributed by atoms with Crippen LogP contribution in [0.2, 0.25) is 0 Å². The number of amides is 1. The van der Waals surface area contributed by atoms with E-state index in [-0.39, 0.29) is 11.9 Å². The van der Waals surface area contributed by atoms with Crippen LogP contribution >= 0.6 is 0 Å². The van der Waals surface area contributed by atoms with Crippen molar-refractivity contribution in [1.82, 2.24) is 24.8 Å². The molecule has 0 bridgehead atoms. The third kappa shape index (κ3) is 3.72. The molecule has 0 saturated carbocycles. The second kappa shape index (κ2) is 6.58. The summed E-state index contributed by atoms with van der Waals surface area (Å²) in [5.74, 6) is 1.63. The minimum absolute atomic E-state index is 0.0111. The van der Waals surface area contributed by atoms with Crippen molar-refractivity contribution >= 4 is 5.91 Å². The van der Waals surface area contributed by atoms with Gasteiger partial charge in [0.1, 0.15) is 11.5 Å². The van der Waals surface area contributed by atoms with Crippen LogP contribution < -0.4 is 0 Å². The van der Waals surface area contributed by atoms with Crippen LogP contribution in [0.5, 0.6) is 0 Å². The number of aromatic nitrogens is 4. The number of aromatic amines is 1. The molecular formula is C19H27N5O. The van der Waals surface area contributed by atoms with Crippen molar-refractivity contribution in [1.29, 1.82) is 0 Å². The highest BCUT2D eigenvalue weighted by Gasteiger charge is 2.35. The number of hydrogen-bond donors (Lipinski definition) is 1. The van der Waals surface area contributed by atoms with Gasteiger partial charge in [0.05, 0.1) is 11.7 Å². The minimum Gasteiger partial charge on any atom is -0.341 e. The van der Waals surface area contributed by atoms with Crippen molar-refractivity contribution < 1.29 is 4.79 Å². The highest BCUT2D eigenvalue weighted by molar-refractivity contribution is 5.82. The highest BCUT2D eigenvalue weighted by atomic mass is 16.2. The smallest absolute Gasteiger partial charge is 0.228 e. The second-order valence-corrected chi connectivity index (χ2v) is 7.90. The normalized spacial score (nSPS) is 18.4. The molecule has 6 heteroatoms. The summed E-state index contributed by atoms with van der Waals surface area (Å²) in [6.07, 6.45) is 4.89. The number of nitrogens with one attached hydrogen (secondary N) is 1. The standard InChI is InChI=1S/C19H27N5O/c1-12-11-20-17(21-12)15-10-14(22-13(2)23-15)16-8-6-7-9-24(16)18(25)19(3,4)5/h10-11,16H,6-9H2,1-5H3,(H,20,21). The number of hydrogen-bond acceptors (Lipinski definition) is 4. The SMILES string of the molecule is Cc1nc(-c2ncc(C)[nH]2)cc(C2CCCCN2C(=O)C(C)(C)C)n1. The monoisotopic (exact) mass is 341 g/mol. The summed E-state index contributed by atoms with van der Waals surface area (Å²) < 4.78 is 0. The summed E-state index contributed by atoms with van der Waals surface area (Å²) in [6, 6.07) is 1.99. The zero-order valence-electron chi connectivity index (χ0n) is 15.8. The molecule has 1 fully saturated rings. The second-order valence-electron chi connectivity index (χ2n) is 7.90. The van der Waals surface area contributed by atoms with E-state index in [2.05, 4.69) is 19.9 Å². The Bertz CT molecular complexity index is 774. The van der Waals surface area contributed by atoms with Gasteiger partial charge in [-0.3, -0.25) is 4.79 Å². The first kappa shape index (κ1) is 17.6. The Morgan fingerprint density at radius 1 is 1.24 bits per heavy atom. The van der Waals surface area contributed by atoms with Gasteiger partial charge < -0.3 is 9.88 Å². The molecule has 1 atom stereocenters. The lowest BCUT2D eigenvalue weighted by molar-refractivity contribution is -0.143. The maximum Gasteiger partial charge on any atom is 0.228 e. The van der Waals surface area contributed by atoms with Crippen LogP contribution in [0, 0.1) is 19.3 Å². The lowest BCUT2D eigenvalue weighted by atomic mass is 9.90. The largest absolute Gasteiger partial charge is 0.341 e. The molecule has 1 aliphatic heterocycles. The number of piperidine rings is 1. The van der Waals surface area contributed by atoms with Gasteiger partial charge >= 0.3 is 0 Å². The van der Waals surface area contributed by atoms with Crippen molar-refractivity contribution in [2.75, 3.05) is 6.54 Å². The van der Waals surface area contributed by atoms with Gasteiger partial charge in [0, 0.05) is 23.9 Å². The van der Waals surface area contributed by atoms with Gasteiger partial charge in [0.15, 0.2) is 5.82 Å². The Labute approximate surface area is 149 Å². The summed E-state index contributed by atoms with van der Waals surface area (Å²) in [6.45, 7) is 10.6. The van der Waals surface area contributed by atoms with Crippen LogP contribution in [0.1, 0.15) is 63.3 Å². The molecule has 0 aromatic carbocycles.